The van der Waals surface area contributed by atoms with Crippen LogP contribution in [-0.2, 0) is 35.1 Å². The van der Waals surface area contributed by atoms with Crippen LogP contribution in [-0.4, -0.2) is 110 Å². The summed E-state index contributed by atoms with van der Waals surface area (Å²) in [6, 6.07) is 16.0. The molecule has 0 spiro atoms. The molecule has 1 aliphatic heterocycles. The number of aliphatic hydroxyl groups excluding tert-OH is 1. The van der Waals surface area contributed by atoms with Crippen molar-refractivity contribution in [2.75, 3.05) is 39.4 Å². The van der Waals surface area contributed by atoms with Crippen LogP contribution in [0.25, 0.3) is 0 Å². The largest absolute Gasteiger partial charge is 0.416 e. The monoisotopic (exact) mass is 754 g/mol. The molecule has 2 aromatic rings. The summed E-state index contributed by atoms with van der Waals surface area (Å²) < 4.78 is 42.2. The molecule has 0 aliphatic carbocycles. The summed E-state index contributed by atoms with van der Waals surface area (Å²) >= 11 is 0. The minimum atomic E-state index is -4.95. The lowest BCUT2D eigenvalue weighted by molar-refractivity contribution is -0.212. The number of ether oxygens (including phenoxy) is 1. The molecule has 17 heteroatoms. The van der Waals surface area contributed by atoms with Crippen LogP contribution in [0.2, 0.25) is 0 Å². The Morgan fingerprint density at radius 3 is 1.89 bits per heavy atom. The van der Waals surface area contributed by atoms with Gasteiger partial charge in [-0.2, -0.15) is 13.2 Å². The minimum absolute atomic E-state index is 0.0304. The SMILES string of the molecule is CC(Cc1ccccc1)NC(=O)CNC=O.CCC.Cc1ccc(C(=O)N2CCOCC2)cc1.NC(=O)CCC(NC(=O)CNC=O)C(O)C(F)(F)F. The van der Waals surface area contributed by atoms with Gasteiger partial charge in [0.15, 0.2) is 6.10 Å². The lowest BCUT2D eigenvalue weighted by Crippen LogP contribution is -2.51. The molecule has 0 bridgehead atoms. The van der Waals surface area contributed by atoms with E-state index in [1.165, 1.54) is 17.5 Å². The Morgan fingerprint density at radius 2 is 1.42 bits per heavy atom. The first-order valence-electron chi connectivity index (χ1n) is 17.0. The van der Waals surface area contributed by atoms with Crippen molar-refractivity contribution in [3.8, 4) is 0 Å². The van der Waals surface area contributed by atoms with Crippen molar-refractivity contribution in [3.05, 3.63) is 71.3 Å². The fraction of sp³-hybridized carbons (Fsp3) is 0.500. The molecule has 0 radical (unpaired) electrons. The number of amides is 6. The Morgan fingerprint density at radius 1 is 0.906 bits per heavy atom. The standard InChI is InChI=1S/C12H16N2O2.C12H15NO2.C9H14F3N3O4.C3H8/c1-10(14-12(16)8-13-9-15)7-11-5-3-2-4-6-11;1-10-2-4-11(5-3-10)12(14)13-6-8-15-9-7-13;10-9(11,12)8(19)5(1-2-6(13)17)15-7(18)3-14-4-16;1-3-2/h2-6,9-10H,7-8H2,1H3,(H,13,15)(H,14,16);2-5H,6-9H2,1H3;4-5,8,19H,1-3H2,(H2,13,17)(H,14,16)(H,15,18);3H2,1-2H3. The number of aliphatic hydroxyl groups is 1. The number of hydrogen-bond donors (Lipinski definition) is 6. The Labute approximate surface area is 308 Å². The number of carbonyl (C=O) groups is 6. The van der Waals surface area contributed by atoms with Gasteiger partial charge in [0.1, 0.15) is 0 Å². The van der Waals surface area contributed by atoms with Crippen LogP contribution in [0.15, 0.2) is 54.6 Å². The normalized spacial score (nSPS) is 13.6. The van der Waals surface area contributed by atoms with Crippen molar-refractivity contribution in [2.24, 2.45) is 5.73 Å². The molecule has 3 unspecified atom stereocenters. The second kappa shape index (κ2) is 27.6. The third-order valence-electron chi connectivity index (χ3n) is 6.85. The van der Waals surface area contributed by atoms with Gasteiger partial charge in [-0.25, -0.2) is 0 Å². The van der Waals surface area contributed by atoms with Gasteiger partial charge in [0.25, 0.3) is 5.91 Å². The summed E-state index contributed by atoms with van der Waals surface area (Å²) in [4.78, 5) is 66.7. The van der Waals surface area contributed by atoms with E-state index in [9.17, 15) is 41.9 Å². The average molecular weight is 755 g/mol. The fourth-order valence-electron chi connectivity index (χ4n) is 4.35. The maximum atomic E-state index is 12.3. The van der Waals surface area contributed by atoms with E-state index in [0.29, 0.717) is 32.7 Å². The number of morpholine rings is 1. The van der Waals surface area contributed by atoms with E-state index < -0.39 is 49.5 Å². The number of nitrogens with two attached hydrogens (primary N) is 1. The number of aryl methyl sites for hydroxylation is 1. The number of benzene rings is 2. The molecular weight excluding hydrogens is 701 g/mol. The average Bonchev–Trinajstić information content (AvgIpc) is 3.12. The number of carbonyl (C=O) groups excluding carboxylic acids is 6. The highest BCUT2D eigenvalue weighted by molar-refractivity contribution is 5.94. The zero-order valence-electron chi connectivity index (χ0n) is 30.6. The molecule has 1 aliphatic rings. The van der Waals surface area contributed by atoms with E-state index in [-0.39, 0.29) is 30.8 Å². The third kappa shape index (κ3) is 23.2. The topological polar surface area (TPSA) is 209 Å². The van der Waals surface area contributed by atoms with Gasteiger partial charge < -0.3 is 41.7 Å². The molecule has 2 aromatic carbocycles. The molecule has 1 fully saturated rings. The van der Waals surface area contributed by atoms with Crippen molar-refractivity contribution in [1.82, 2.24) is 26.2 Å². The van der Waals surface area contributed by atoms with Crippen LogP contribution in [0.1, 0.15) is 61.5 Å². The van der Waals surface area contributed by atoms with Crippen molar-refractivity contribution in [2.45, 2.75) is 77.7 Å². The molecule has 3 rings (SSSR count). The molecule has 0 aromatic heterocycles. The number of nitrogens with one attached hydrogen (secondary N) is 4. The zero-order valence-corrected chi connectivity index (χ0v) is 30.6. The van der Waals surface area contributed by atoms with Crippen molar-refractivity contribution in [1.29, 1.82) is 0 Å². The summed E-state index contributed by atoms with van der Waals surface area (Å²) in [6.45, 7) is 10.4. The number of nitrogens with zero attached hydrogens (tertiary/aromatic N) is 1. The maximum Gasteiger partial charge on any atom is 0.416 e. The first-order valence-corrected chi connectivity index (χ1v) is 17.0. The van der Waals surface area contributed by atoms with Crippen molar-refractivity contribution >= 4 is 36.4 Å². The highest BCUT2D eigenvalue weighted by Crippen LogP contribution is 2.24. The first kappa shape index (κ1) is 48.0. The van der Waals surface area contributed by atoms with E-state index in [0.717, 1.165) is 12.0 Å². The molecular formula is C36H53F3N6O8. The summed E-state index contributed by atoms with van der Waals surface area (Å²) in [7, 11) is 0. The number of primary amides is 1. The van der Waals surface area contributed by atoms with Gasteiger partial charge >= 0.3 is 6.18 Å². The van der Waals surface area contributed by atoms with Crippen molar-refractivity contribution in [3.63, 3.8) is 0 Å². The van der Waals surface area contributed by atoms with Gasteiger partial charge in [0.2, 0.25) is 30.5 Å². The lowest BCUT2D eigenvalue weighted by atomic mass is 10.0. The van der Waals surface area contributed by atoms with E-state index in [4.69, 9.17) is 15.6 Å². The van der Waals surface area contributed by atoms with Gasteiger partial charge in [-0.15, -0.1) is 0 Å². The molecule has 0 saturated carbocycles. The van der Waals surface area contributed by atoms with Crippen LogP contribution in [0.5, 0.6) is 0 Å². The Balaban J connectivity index is 0.000000740. The smallest absolute Gasteiger partial charge is 0.382 e. The van der Waals surface area contributed by atoms with Gasteiger partial charge in [-0.1, -0.05) is 68.3 Å². The second-order valence-electron chi connectivity index (χ2n) is 11.8. The molecule has 296 valence electrons. The van der Waals surface area contributed by atoms with Crippen LogP contribution >= 0.6 is 0 Å². The highest BCUT2D eigenvalue weighted by atomic mass is 19.4. The van der Waals surface area contributed by atoms with Gasteiger partial charge in [0, 0.05) is 31.1 Å². The van der Waals surface area contributed by atoms with Crippen LogP contribution in [0.3, 0.4) is 0 Å². The third-order valence-corrected chi connectivity index (χ3v) is 6.85. The summed E-state index contributed by atoms with van der Waals surface area (Å²) in [6.07, 6.45) is -5.93. The van der Waals surface area contributed by atoms with Gasteiger partial charge in [-0.05, 0) is 44.4 Å². The molecule has 1 heterocycles. The van der Waals surface area contributed by atoms with E-state index in [1.807, 2.05) is 84.0 Å². The van der Waals surface area contributed by atoms with Crippen molar-refractivity contribution < 1.29 is 51.8 Å². The quantitative estimate of drug-likeness (QED) is 0.147. The highest BCUT2D eigenvalue weighted by Gasteiger charge is 2.44. The molecule has 1 saturated heterocycles. The summed E-state index contributed by atoms with van der Waals surface area (Å²) in [5, 5.41) is 18.0. The zero-order chi connectivity index (χ0) is 40.2. The Bertz CT molecular complexity index is 1360. The fourth-order valence-corrected chi connectivity index (χ4v) is 4.35. The Hall–Kier alpha value is -5.03. The van der Waals surface area contributed by atoms with Gasteiger partial charge in [-0.3, -0.25) is 28.8 Å². The predicted octanol–water partition coefficient (Wildman–Crippen LogP) is 1.77. The molecule has 14 nitrogen and oxygen atoms in total. The lowest BCUT2D eigenvalue weighted by Gasteiger charge is -2.26. The molecule has 53 heavy (non-hydrogen) atoms. The number of rotatable bonds is 15. The van der Waals surface area contributed by atoms with E-state index in [1.54, 1.807) is 0 Å². The van der Waals surface area contributed by atoms with Crippen LogP contribution < -0.4 is 27.0 Å². The number of alkyl halides is 3. The summed E-state index contributed by atoms with van der Waals surface area (Å²) in [5.41, 5.74) is 7.91. The maximum absolute atomic E-state index is 12.3. The molecule has 6 amide bonds. The first-order chi connectivity index (χ1) is 25.1. The molecule has 3 atom stereocenters. The second-order valence-corrected chi connectivity index (χ2v) is 11.8. The summed E-state index contributed by atoms with van der Waals surface area (Å²) in [5.74, 6) is -1.85. The Kier molecular flexibility index (Phi) is 25.0. The number of hydrogen-bond acceptors (Lipinski definition) is 8. The van der Waals surface area contributed by atoms with E-state index >= 15 is 0 Å². The van der Waals surface area contributed by atoms with E-state index in [2.05, 4.69) is 24.5 Å². The van der Waals surface area contributed by atoms with Gasteiger partial charge in [0.05, 0.1) is 32.3 Å². The number of halogens is 3. The van der Waals surface area contributed by atoms with Crippen LogP contribution in [0.4, 0.5) is 13.2 Å². The van der Waals surface area contributed by atoms with Crippen LogP contribution in [0, 0.1) is 6.92 Å². The predicted molar refractivity (Wildman–Crippen MR) is 192 cm³/mol. The molecule has 7 N–H and O–H groups in total. The minimum Gasteiger partial charge on any atom is -0.382 e.